The number of methoxy groups -OCH3 is 1. The first-order valence-electron chi connectivity index (χ1n) is 6.01. The van der Waals surface area contributed by atoms with Crippen LogP contribution in [0.1, 0.15) is 19.8 Å². The number of nitrogens with zero attached hydrogens (tertiary/aromatic N) is 1. The molecule has 6 heteroatoms. The summed E-state index contributed by atoms with van der Waals surface area (Å²) in [6.07, 6.45) is 3.41. The number of rotatable bonds is 6. The van der Waals surface area contributed by atoms with Crippen LogP contribution in [0.2, 0.25) is 0 Å². The molecular formula is C11H24N2O3S. The van der Waals surface area contributed by atoms with Gasteiger partial charge in [0, 0.05) is 20.2 Å². The Bertz CT molecular complexity index is 322. The van der Waals surface area contributed by atoms with Gasteiger partial charge in [-0.2, -0.15) is 0 Å². The summed E-state index contributed by atoms with van der Waals surface area (Å²) in [6, 6.07) is 0. The normalized spacial score (nSPS) is 21.6. The van der Waals surface area contributed by atoms with Gasteiger partial charge in [-0.1, -0.05) is 6.92 Å². The van der Waals surface area contributed by atoms with Crippen molar-refractivity contribution in [2.24, 2.45) is 5.41 Å². The Morgan fingerprint density at radius 2 is 1.94 bits per heavy atom. The van der Waals surface area contributed by atoms with E-state index in [-0.39, 0.29) is 5.41 Å². The van der Waals surface area contributed by atoms with Crippen LogP contribution in [0.25, 0.3) is 0 Å². The molecule has 5 nitrogen and oxygen atoms in total. The third kappa shape index (κ3) is 5.81. The topological polar surface area (TPSA) is 58.6 Å². The number of hydrogen-bond donors (Lipinski definition) is 1. The molecule has 0 aliphatic carbocycles. The van der Waals surface area contributed by atoms with Gasteiger partial charge in [0.25, 0.3) is 0 Å². The molecule has 102 valence electrons. The molecule has 0 amide bonds. The Balaban J connectivity index is 2.23. The van der Waals surface area contributed by atoms with E-state index in [0.29, 0.717) is 6.54 Å². The van der Waals surface area contributed by atoms with E-state index < -0.39 is 10.0 Å². The summed E-state index contributed by atoms with van der Waals surface area (Å²) in [4.78, 5) is 2.30. The summed E-state index contributed by atoms with van der Waals surface area (Å²) in [5, 5.41) is 0. The summed E-state index contributed by atoms with van der Waals surface area (Å²) in [5.74, 6) is 0. The summed E-state index contributed by atoms with van der Waals surface area (Å²) in [5.41, 5.74) is 0.287. The minimum atomic E-state index is -3.05. The van der Waals surface area contributed by atoms with Crippen molar-refractivity contribution in [2.45, 2.75) is 19.8 Å². The van der Waals surface area contributed by atoms with Crippen molar-refractivity contribution >= 4 is 10.0 Å². The van der Waals surface area contributed by atoms with Gasteiger partial charge in [-0.25, -0.2) is 13.1 Å². The first-order valence-corrected chi connectivity index (χ1v) is 7.90. The minimum absolute atomic E-state index is 0.287. The van der Waals surface area contributed by atoms with Gasteiger partial charge >= 0.3 is 0 Å². The van der Waals surface area contributed by atoms with Crippen LogP contribution in [0, 0.1) is 5.41 Å². The molecule has 0 radical (unpaired) electrons. The number of piperidine rings is 1. The molecule has 1 N–H and O–H groups in total. The van der Waals surface area contributed by atoms with E-state index >= 15 is 0 Å². The summed E-state index contributed by atoms with van der Waals surface area (Å²) in [6.45, 7) is 6.39. The summed E-state index contributed by atoms with van der Waals surface area (Å²) in [7, 11) is -1.31. The van der Waals surface area contributed by atoms with E-state index in [1.54, 1.807) is 7.11 Å². The molecule has 0 aromatic rings. The summed E-state index contributed by atoms with van der Waals surface area (Å²) < 4.78 is 29.6. The molecule has 0 atom stereocenters. The van der Waals surface area contributed by atoms with E-state index in [1.165, 1.54) is 6.26 Å². The molecule has 0 spiro atoms. The highest BCUT2D eigenvalue weighted by molar-refractivity contribution is 7.88. The van der Waals surface area contributed by atoms with Crippen molar-refractivity contribution in [3.05, 3.63) is 0 Å². The van der Waals surface area contributed by atoms with E-state index in [9.17, 15) is 8.42 Å². The maximum atomic E-state index is 10.9. The zero-order valence-electron chi connectivity index (χ0n) is 11.0. The molecular weight excluding hydrogens is 240 g/mol. The lowest BCUT2D eigenvalue weighted by Gasteiger charge is -2.38. The molecule has 1 fully saturated rings. The zero-order valence-corrected chi connectivity index (χ0v) is 11.8. The molecule has 1 aliphatic heterocycles. The predicted molar refractivity (Wildman–Crippen MR) is 68.5 cm³/mol. The van der Waals surface area contributed by atoms with Crippen LogP contribution in [-0.4, -0.2) is 59.5 Å². The van der Waals surface area contributed by atoms with Gasteiger partial charge in [0.05, 0.1) is 12.9 Å². The highest BCUT2D eigenvalue weighted by Gasteiger charge is 2.29. The van der Waals surface area contributed by atoms with Crippen molar-refractivity contribution in [1.82, 2.24) is 9.62 Å². The number of likely N-dealkylation sites (tertiary alicyclic amines) is 1. The number of ether oxygens (including phenoxy) is 1. The van der Waals surface area contributed by atoms with Gasteiger partial charge in [-0.05, 0) is 31.3 Å². The number of hydrogen-bond acceptors (Lipinski definition) is 4. The van der Waals surface area contributed by atoms with Gasteiger partial charge in [0.1, 0.15) is 0 Å². The fraction of sp³-hybridized carbons (Fsp3) is 1.00. The Labute approximate surface area is 105 Å². The Hall–Kier alpha value is -0.170. The molecule has 1 saturated heterocycles. The molecule has 0 aromatic carbocycles. The van der Waals surface area contributed by atoms with E-state index in [1.807, 2.05) is 0 Å². The van der Waals surface area contributed by atoms with Crippen molar-refractivity contribution in [1.29, 1.82) is 0 Å². The third-order valence-corrected chi connectivity index (χ3v) is 4.08. The van der Waals surface area contributed by atoms with Gasteiger partial charge < -0.3 is 9.64 Å². The van der Waals surface area contributed by atoms with Crippen LogP contribution in [-0.2, 0) is 14.8 Å². The molecule has 17 heavy (non-hydrogen) atoms. The molecule has 1 aliphatic rings. The molecule has 1 rings (SSSR count). The van der Waals surface area contributed by atoms with Crippen LogP contribution >= 0.6 is 0 Å². The van der Waals surface area contributed by atoms with Gasteiger partial charge in [-0.3, -0.25) is 0 Å². The Kier molecular flexibility index (Phi) is 5.37. The van der Waals surface area contributed by atoms with E-state index in [2.05, 4.69) is 16.5 Å². The second kappa shape index (κ2) is 6.13. The highest BCUT2D eigenvalue weighted by atomic mass is 32.2. The fourth-order valence-electron chi connectivity index (χ4n) is 2.20. The molecule has 0 aromatic heterocycles. The molecule has 0 bridgehead atoms. The zero-order chi connectivity index (χ0) is 12.9. The minimum Gasteiger partial charge on any atom is -0.384 e. The smallest absolute Gasteiger partial charge is 0.208 e. The molecule has 1 heterocycles. The fourth-order valence-corrected chi connectivity index (χ4v) is 2.66. The monoisotopic (exact) mass is 264 g/mol. The lowest BCUT2D eigenvalue weighted by molar-refractivity contribution is 0.0351. The van der Waals surface area contributed by atoms with Gasteiger partial charge in [0.2, 0.25) is 10.0 Å². The van der Waals surface area contributed by atoms with Crippen molar-refractivity contribution < 1.29 is 13.2 Å². The average molecular weight is 264 g/mol. The Morgan fingerprint density at radius 1 is 1.35 bits per heavy atom. The highest BCUT2D eigenvalue weighted by Crippen LogP contribution is 2.30. The standard InChI is InChI=1S/C11H24N2O3S/c1-11(10-16-2)4-7-13(8-5-11)9-6-12-17(3,14)15/h12H,4-10H2,1-3H3. The first kappa shape index (κ1) is 14.9. The number of nitrogens with one attached hydrogen (secondary N) is 1. The van der Waals surface area contributed by atoms with Crippen molar-refractivity contribution in [3.8, 4) is 0 Å². The van der Waals surface area contributed by atoms with Crippen LogP contribution in [0.15, 0.2) is 0 Å². The van der Waals surface area contributed by atoms with E-state index in [4.69, 9.17) is 4.74 Å². The SMILES string of the molecule is COCC1(C)CCN(CCNS(C)(=O)=O)CC1. The largest absolute Gasteiger partial charge is 0.384 e. The Morgan fingerprint density at radius 3 is 2.41 bits per heavy atom. The third-order valence-electron chi connectivity index (χ3n) is 3.35. The first-order chi connectivity index (χ1) is 7.85. The average Bonchev–Trinajstić information content (AvgIpc) is 2.20. The lowest BCUT2D eigenvalue weighted by atomic mass is 9.81. The van der Waals surface area contributed by atoms with Crippen LogP contribution in [0.5, 0.6) is 0 Å². The second-order valence-electron chi connectivity index (χ2n) is 5.25. The second-order valence-corrected chi connectivity index (χ2v) is 7.08. The maximum absolute atomic E-state index is 10.9. The van der Waals surface area contributed by atoms with Crippen molar-refractivity contribution in [3.63, 3.8) is 0 Å². The van der Waals surface area contributed by atoms with Gasteiger partial charge in [-0.15, -0.1) is 0 Å². The maximum Gasteiger partial charge on any atom is 0.208 e. The predicted octanol–water partition coefficient (Wildman–Crippen LogP) is 0.284. The summed E-state index contributed by atoms with van der Waals surface area (Å²) >= 11 is 0. The number of sulfonamides is 1. The van der Waals surface area contributed by atoms with Crippen LogP contribution < -0.4 is 4.72 Å². The van der Waals surface area contributed by atoms with Crippen molar-refractivity contribution in [2.75, 3.05) is 46.2 Å². The molecule has 0 saturated carbocycles. The quantitative estimate of drug-likeness (QED) is 0.749. The lowest BCUT2D eigenvalue weighted by Crippen LogP contribution is -2.43. The van der Waals surface area contributed by atoms with Gasteiger partial charge in [0.15, 0.2) is 0 Å². The molecule has 0 unspecified atom stereocenters. The van der Waals surface area contributed by atoms with E-state index in [0.717, 1.165) is 39.1 Å². The van der Waals surface area contributed by atoms with Crippen LogP contribution in [0.4, 0.5) is 0 Å². The van der Waals surface area contributed by atoms with Crippen LogP contribution in [0.3, 0.4) is 0 Å².